The van der Waals surface area contributed by atoms with Gasteiger partial charge in [-0.05, 0) is 37.3 Å². The standard InChI is InChI=1S/C18H25FN2O2/c1-2-15-8-5-6-12-21(15)18(23)10-11-20-17(22)13-14-7-3-4-9-16(14)19/h3-4,7,9,15H,2,5-6,8,10-13H2,1H3,(H,20,22). The zero-order valence-corrected chi connectivity index (χ0v) is 13.7. The summed E-state index contributed by atoms with van der Waals surface area (Å²) in [5.74, 6) is -0.533. The van der Waals surface area contributed by atoms with Crippen LogP contribution in [0, 0.1) is 5.82 Å². The van der Waals surface area contributed by atoms with Crippen molar-refractivity contribution in [2.24, 2.45) is 0 Å². The second-order valence-electron chi connectivity index (χ2n) is 6.01. The summed E-state index contributed by atoms with van der Waals surface area (Å²) in [6.07, 6.45) is 4.60. The third kappa shape index (κ3) is 5.05. The molecule has 0 aromatic heterocycles. The van der Waals surface area contributed by atoms with Gasteiger partial charge in [-0.25, -0.2) is 4.39 Å². The normalized spacial score (nSPS) is 17.8. The number of benzene rings is 1. The van der Waals surface area contributed by atoms with Gasteiger partial charge in [0.2, 0.25) is 11.8 Å². The molecule has 0 bridgehead atoms. The number of amides is 2. The van der Waals surface area contributed by atoms with Gasteiger partial charge in [-0.1, -0.05) is 25.1 Å². The van der Waals surface area contributed by atoms with Crippen LogP contribution in [0.2, 0.25) is 0 Å². The highest BCUT2D eigenvalue weighted by Crippen LogP contribution is 2.20. The molecule has 1 heterocycles. The van der Waals surface area contributed by atoms with Crippen LogP contribution in [0.5, 0.6) is 0 Å². The minimum Gasteiger partial charge on any atom is -0.355 e. The number of piperidine rings is 1. The molecule has 1 atom stereocenters. The maximum absolute atomic E-state index is 13.5. The van der Waals surface area contributed by atoms with E-state index >= 15 is 0 Å². The smallest absolute Gasteiger partial charge is 0.224 e. The largest absolute Gasteiger partial charge is 0.355 e. The van der Waals surface area contributed by atoms with E-state index in [1.54, 1.807) is 18.2 Å². The average Bonchev–Trinajstić information content (AvgIpc) is 2.56. The molecule has 1 aromatic carbocycles. The van der Waals surface area contributed by atoms with E-state index in [0.717, 1.165) is 25.8 Å². The summed E-state index contributed by atoms with van der Waals surface area (Å²) < 4.78 is 13.5. The number of rotatable bonds is 6. The van der Waals surface area contributed by atoms with Crippen LogP contribution in [-0.2, 0) is 16.0 Å². The van der Waals surface area contributed by atoms with Crippen molar-refractivity contribution in [2.45, 2.75) is 51.5 Å². The third-order valence-electron chi connectivity index (χ3n) is 4.39. The Morgan fingerprint density at radius 3 is 2.83 bits per heavy atom. The van der Waals surface area contributed by atoms with E-state index in [2.05, 4.69) is 12.2 Å². The van der Waals surface area contributed by atoms with E-state index < -0.39 is 0 Å². The first-order chi connectivity index (χ1) is 11.1. The molecule has 5 heteroatoms. The van der Waals surface area contributed by atoms with Crippen LogP contribution < -0.4 is 5.32 Å². The number of carbonyl (C=O) groups excluding carboxylic acids is 2. The van der Waals surface area contributed by atoms with Crippen LogP contribution >= 0.6 is 0 Å². The maximum atomic E-state index is 13.5. The number of nitrogens with one attached hydrogen (secondary N) is 1. The van der Waals surface area contributed by atoms with Crippen molar-refractivity contribution < 1.29 is 14.0 Å². The van der Waals surface area contributed by atoms with Crippen molar-refractivity contribution in [2.75, 3.05) is 13.1 Å². The van der Waals surface area contributed by atoms with Gasteiger partial charge in [0.1, 0.15) is 5.82 Å². The second kappa shape index (κ2) is 8.65. The number of nitrogens with zero attached hydrogens (tertiary/aromatic N) is 1. The van der Waals surface area contributed by atoms with Gasteiger partial charge < -0.3 is 10.2 Å². The molecule has 4 nitrogen and oxygen atoms in total. The van der Waals surface area contributed by atoms with Gasteiger partial charge in [-0.15, -0.1) is 0 Å². The lowest BCUT2D eigenvalue weighted by Gasteiger charge is -2.35. The van der Waals surface area contributed by atoms with Crippen LogP contribution in [0.15, 0.2) is 24.3 Å². The number of hydrogen-bond donors (Lipinski definition) is 1. The Bertz CT molecular complexity index is 548. The lowest BCUT2D eigenvalue weighted by Crippen LogP contribution is -2.44. The molecule has 0 radical (unpaired) electrons. The molecule has 126 valence electrons. The van der Waals surface area contributed by atoms with Crippen molar-refractivity contribution in [1.82, 2.24) is 10.2 Å². The van der Waals surface area contributed by atoms with Crippen LogP contribution in [0.4, 0.5) is 4.39 Å². The first-order valence-electron chi connectivity index (χ1n) is 8.41. The summed E-state index contributed by atoms with van der Waals surface area (Å²) in [6.45, 7) is 3.23. The molecule has 1 fully saturated rings. The zero-order chi connectivity index (χ0) is 16.7. The fourth-order valence-corrected chi connectivity index (χ4v) is 3.08. The van der Waals surface area contributed by atoms with Crippen LogP contribution in [-0.4, -0.2) is 35.8 Å². The monoisotopic (exact) mass is 320 g/mol. The maximum Gasteiger partial charge on any atom is 0.224 e. The van der Waals surface area contributed by atoms with Gasteiger partial charge >= 0.3 is 0 Å². The zero-order valence-electron chi connectivity index (χ0n) is 13.7. The van der Waals surface area contributed by atoms with Gasteiger partial charge in [0, 0.05) is 25.6 Å². The Morgan fingerprint density at radius 2 is 2.09 bits per heavy atom. The van der Waals surface area contributed by atoms with Gasteiger partial charge in [-0.2, -0.15) is 0 Å². The van der Waals surface area contributed by atoms with E-state index in [0.29, 0.717) is 24.6 Å². The minimum absolute atomic E-state index is 0.00215. The van der Waals surface area contributed by atoms with Crippen LogP contribution in [0.3, 0.4) is 0 Å². The molecule has 0 spiro atoms. The Labute approximate surface area is 137 Å². The summed E-state index contributed by atoms with van der Waals surface area (Å²) in [7, 11) is 0. The van der Waals surface area contributed by atoms with E-state index in [9.17, 15) is 14.0 Å². The Balaban J connectivity index is 1.74. The van der Waals surface area contributed by atoms with Crippen molar-refractivity contribution >= 4 is 11.8 Å². The first-order valence-corrected chi connectivity index (χ1v) is 8.41. The quantitative estimate of drug-likeness (QED) is 0.876. The molecule has 23 heavy (non-hydrogen) atoms. The molecule has 1 unspecified atom stereocenters. The molecular weight excluding hydrogens is 295 g/mol. The Kier molecular flexibility index (Phi) is 6.56. The van der Waals surface area contributed by atoms with Crippen molar-refractivity contribution in [3.05, 3.63) is 35.6 Å². The number of carbonyl (C=O) groups is 2. The molecule has 1 N–H and O–H groups in total. The minimum atomic E-state index is -0.377. The first kappa shape index (κ1) is 17.4. The van der Waals surface area contributed by atoms with E-state index in [1.807, 2.05) is 4.90 Å². The van der Waals surface area contributed by atoms with E-state index in [1.165, 1.54) is 12.5 Å². The molecule has 1 aliphatic rings. The molecular formula is C18H25FN2O2. The van der Waals surface area contributed by atoms with Gasteiger partial charge in [-0.3, -0.25) is 9.59 Å². The number of hydrogen-bond acceptors (Lipinski definition) is 2. The van der Waals surface area contributed by atoms with Crippen molar-refractivity contribution in [3.63, 3.8) is 0 Å². The van der Waals surface area contributed by atoms with Crippen molar-refractivity contribution in [1.29, 1.82) is 0 Å². The molecule has 0 saturated carbocycles. The van der Waals surface area contributed by atoms with Gasteiger partial charge in [0.15, 0.2) is 0 Å². The summed E-state index contributed by atoms with van der Waals surface area (Å²) in [5, 5.41) is 2.71. The number of halogens is 1. The summed E-state index contributed by atoms with van der Waals surface area (Å²) >= 11 is 0. The lowest BCUT2D eigenvalue weighted by atomic mass is 9.99. The van der Waals surface area contributed by atoms with Crippen molar-refractivity contribution in [3.8, 4) is 0 Å². The molecule has 2 amide bonds. The average molecular weight is 320 g/mol. The summed E-state index contributed by atoms with van der Waals surface area (Å²) in [5.41, 5.74) is 0.374. The fraction of sp³-hybridized carbons (Fsp3) is 0.556. The molecule has 2 rings (SSSR count). The summed E-state index contributed by atoms with van der Waals surface area (Å²) in [4.78, 5) is 26.1. The number of likely N-dealkylation sites (tertiary alicyclic amines) is 1. The predicted molar refractivity (Wildman–Crippen MR) is 87.4 cm³/mol. The highest BCUT2D eigenvalue weighted by atomic mass is 19.1. The SMILES string of the molecule is CCC1CCCCN1C(=O)CCNC(=O)Cc1ccccc1F. The fourth-order valence-electron chi connectivity index (χ4n) is 3.08. The summed E-state index contributed by atoms with van der Waals surface area (Å²) in [6, 6.07) is 6.58. The highest BCUT2D eigenvalue weighted by molar-refractivity contribution is 5.80. The van der Waals surface area contributed by atoms with Crippen LogP contribution in [0.25, 0.3) is 0 Å². The molecule has 1 saturated heterocycles. The predicted octanol–water partition coefficient (Wildman–Crippen LogP) is 2.67. The Morgan fingerprint density at radius 1 is 1.30 bits per heavy atom. The van der Waals surface area contributed by atoms with Crippen LogP contribution in [0.1, 0.15) is 44.6 Å². The topological polar surface area (TPSA) is 49.4 Å². The second-order valence-corrected chi connectivity index (χ2v) is 6.01. The van der Waals surface area contributed by atoms with Gasteiger partial charge in [0.25, 0.3) is 0 Å². The molecule has 1 aromatic rings. The lowest BCUT2D eigenvalue weighted by molar-refractivity contribution is -0.134. The van der Waals surface area contributed by atoms with Gasteiger partial charge in [0.05, 0.1) is 6.42 Å². The van der Waals surface area contributed by atoms with E-state index in [-0.39, 0.29) is 24.1 Å². The van der Waals surface area contributed by atoms with E-state index in [4.69, 9.17) is 0 Å². The molecule has 1 aliphatic heterocycles. The third-order valence-corrected chi connectivity index (χ3v) is 4.39. The Hall–Kier alpha value is -1.91. The molecule has 0 aliphatic carbocycles. The highest BCUT2D eigenvalue weighted by Gasteiger charge is 2.24.